The minimum absolute atomic E-state index is 0.00639. The lowest BCUT2D eigenvalue weighted by molar-refractivity contribution is 0.570. The van der Waals surface area contributed by atoms with Crippen LogP contribution in [0.15, 0.2) is 16.6 Å². The molecule has 1 aromatic carbocycles. The first-order valence-corrected chi connectivity index (χ1v) is 6.30. The van der Waals surface area contributed by atoms with Crippen LogP contribution in [0.3, 0.4) is 0 Å². The van der Waals surface area contributed by atoms with Crippen molar-refractivity contribution in [2.75, 3.05) is 0 Å². The molecule has 0 radical (unpaired) electrons. The van der Waals surface area contributed by atoms with Gasteiger partial charge >= 0.3 is 0 Å². The number of benzene rings is 1. The van der Waals surface area contributed by atoms with E-state index in [2.05, 4.69) is 31.9 Å². The monoisotopic (exact) mass is 342 g/mol. The normalized spacial score (nSPS) is 13.4. The molecule has 1 atom stereocenters. The first kappa shape index (κ1) is 12.5. The summed E-state index contributed by atoms with van der Waals surface area (Å²) in [5.41, 5.74) is 0.605. The SMILES string of the molecule is CC(C)C(Br)c1cc(Cl)c(Br)cc1F. The van der Waals surface area contributed by atoms with Gasteiger partial charge in [0.25, 0.3) is 0 Å². The number of hydrogen-bond donors (Lipinski definition) is 0. The topological polar surface area (TPSA) is 0 Å². The number of rotatable bonds is 2. The zero-order valence-corrected chi connectivity index (χ0v) is 11.7. The predicted molar refractivity (Wildman–Crippen MR) is 65.6 cm³/mol. The molecule has 0 aliphatic rings. The van der Waals surface area contributed by atoms with Crippen molar-refractivity contribution in [1.29, 1.82) is 0 Å². The summed E-state index contributed by atoms with van der Waals surface area (Å²) in [6, 6.07) is 3.05. The molecule has 0 spiro atoms. The molecule has 0 N–H and O–H groups in total. The minimum atomic E-state index is -0.239. The first-order valence-electron chi connectivity index (χ1n) is 4.22. The average Bonchev–Trinajstić information content (AvgIpc) is 2.10. The van der Waals surface area contributed by atoms with Crippen LogP contribution < -0.4 is 0 Å². The van der Waals surface area contributed by atoms with E-state index in [1.165, 1.54) is 6.07 Å². The van der Waals surface area contributed by atoms with Crippen LogP contribution in [0.25, 0.3) is 0 Å². The molecule has 1 aromatic rings. The maximum Gasteiger partial charge on any atom is 0.128 e. The van der Waals surface area contributed by atoms with E-state index >= 15 is 0 Å². The molecule has 0 heterocycles. The van der Waals surface area contributed by atoms with E-state index in [4.69, 9.17) is 11.6 Å². The molecular formula is C10H10Br2ClF. The summed E-state index contributed by atoms with van der Waals surface area (Å²) in [5, 5.41) is 0.534. The highest BCUT2D eigenvalue weighted by atomic mass is 79.9. The summed E-state index contributed by atoms with van der Waals surface area (Å²) in [6.07, 6.45) is 0. The summed E-state index contributed by atoms with van der Waals surface area (Å²) in [4.78, 5) is -0.00639. The zero-order chi connectivity index (χ0) is 10.9. The van der Waals surface area contributed by atoms with Crippen molar-refractivity contribution >= 4 is 43.5 Å². The molecule has 14 heavy (non-hydrogen) atoms. The Balaban J connectivity index is 3.15. The third-order valence-electron chi connectivity index (χ3n) is 1.92. The molecule has 0 fully saturated rings. The molecule has 0 bridgehead atoms. The lowest BCUT2D eigenvalue weighted by atomic mass is 10.0. The highest BCUT2D eigenvalue weighted by Gasteiger charge is 2.17. The number of alkyl halides is 1. The minimum Gasteiger partial charge on any atom is -0.207 e. The van der Waals surface area contributed by atoms with E-state index in [1.807, 2.05) is 13.8 Å². The Bertz CT molecular complexity index is 339. The quantitative estimate of drug-likeness (QED) is 0.502. The van der Waals surface area contributed by atoms with Crippen LogP contribution in [0.1, 0.15) is 24.2 Å². The summed E-state index contributed by atoms with van der Waals surface area (Å²) in [6.45, 7) is 4.05. The van der Waals surface area contributed by atoms with Gasteiger partial charge in [-0.15, -0.1) is 0 Å². The molecule has 0 aliphatic carbocycles. The molecule has 1 rings (SSSR count). The summed E-state index contributed by atoms with van der Waals surface area (Å²) < 4.78 is 14.1. The van der Waals surface area contributed by atoms with Crippen LogP contribution in [-0.4, -0.2) is 0 Å². The van der Waals surface area contributed by atoms with Crippen LogP contribution in [0.4, 0.5) is 4.39 Å². The third-order valence-corrected chi connectivity index (χ3v) is 4.67. The van der Waals surface area contributed by atoms with Crippen LogP contribution in [0, 0.1) is 11.7 Å². The van der Waals surface area contributed by atoms with Crippen molar-refractivity contribution < 1.29 is 4.39 Å². The van der Waals surface area contributed by atoms with Gasteiger partial charge in [-0.05, 0) is 34.0 Å². The van der Waals surface area contributed by atoms with Gasteiger partial charge in [-0.25, -0.2) is 4.39 Å². The van der Waals surface area contributed by atoms with Gasteiger partial charge in [0.1, 0.15) is 5.82 Å². The van der Waals surface area contributed by atoms with E-state index in [1.54, 1.807) is 6.07 Å². The highest BCUT2D eigenvalue weighted by Crippen LogP contribution is 2.36. The third kappa shape index (κ3) is 2.71. The summed E-state index contributed by atoms with van der Waals surface area (Å²) in [7, 11) is 0. The van der Waals surface area contributed by atoms with Gasteiger partial charge in [0, 0.05) is 14.9 Å². The predicted octanol–water partition coefficient (Wildman–Crippen LogP) is 5.33. The Morgan fingerprint density at radius 1 is 1.36 bits per heavy atom. The maximum atomic E-state index is 13.5. The molecule has 0 saturated carbocycles. The molecule has 1 unspecified atom stereocenters. The van der Waals surface area contributed by atoms with Crippen molar-refractivity contribution in [3.05, 3.63) is 33.0 Å². The molecule has 0 saturated heterocycles. The number of hydrogen-bond acceptors (Lipinski definition) is 0. The Kier molecular flexibility index (Phi) is 4.41. The summed E-state index contributed by atoms with van der Waals surface area (Å²) in [5.74, 6) is 0.0820. The van der Waals surface area contributed by atoms with E-state index < -0.39 is 0 Å². The van der Waals surface area contributed by atoms with E-state index in [0.717, 1.165) is 0 Å². The maximum absolute atomic E-state index is 13.5. The Morgan fingerprint density at radius 2 is 1.93 bits per heavy atom. The Hall–Kier alpha value is 0.400. The lowest BCUT2D eigenvalue weighted by Crippen LogP contribution is -2.01. The molecule has 0 aromatic heterocycles. The van der Waals surface area contributed by atoms with Crippen molar-refractivity contribution in [3.63, 3.8) is 0 Å². The van der Waals surface area contributed by atoms with Crippen molar-refractivity contribution in [2.45, 2.75) is 18.7 Å². The fourth-order valence-electron chi connectivity index (χ4n) is 1.11. The summed E-state index contributed by atoms with van der Waals surface area (Å²) >= 11 is 12.5. The van der Waals surface area contributed by atoms with E-state index in [9.17, 15) is 4.39 Å². The second kappa shape index (κ2) is 4.95. The lowest BCUT2D eigenvalue weighted by Gasteiger charge is -2.15. The van der Waals surface area contributed by atoms with Crippen molar-refractivity contribution in [3.8, 4) is 0 Å². The fraction of sp³-hybridized carbons (Fsp3) is 0.400. The highest BCUT2D eigenvalue weighted by molar-refractivity contribution is 9.10. The van der Waals surface area contributed by atoms with Gasteiger partial charge in [0.05, 0.1) is 5.02 Å². The molecule has 0 aliphatic heterocycles. The van der Waals surface area contributed by atoms with Gasteiger partial charge in [-0.1, -0.05) is 41.4 Å². The number of halogens is 4. The van der Waals surface area contributed by atoms with E-state index in [-0.39, 0.29) is 10.6 Å². The van der Waals surface area contributed by atoms with Gasteiger partial charge in [-0.3, -0.25) is 0 Å². The largest absolute Gasteiger partial charge is 0.207 e. The van der Waals surface area contributed by atoms with Crippen LogP contribution >= 0.6 is 43.5 Å². The van der Waals surface area contributed by atoms with Crippen molar-refractivity contribution in [2.24, 2.45) is 5.92 Å². The molecule has 0 nitrogen and oxygen atoms in total. The van der Waals surface area contributed by atoms with Crippen LogP contribution in [-0.2, 0) is 0 Å². The average molecular weight is 344 g/mol. The van der Waals surface area contributed by atoms with Gasteiger partial charge < -0.3 is 0 Å². The van der Waals surface area contributed by atoms with Gasteiger partial charge in [0.2, 0.25) is 0 Å². The Labute approximate surface area is 105 Å². The molecule has 78 valence electrons. The van der Waals surface area contributed by atoms with Crippen LogP contribution in [0.5, 0.6) is 0 Å². The first-order chi connectivity index (χ1) is 6.43. The van der Waals surface area contributed by atoms with Crippen LogP contribution in [0.2, 0.25) is 5.02 Å². The second-order valence-corrected chi connectivity index (χ2v) is 5.68. The fourth-order valence-corrected chi connectivity index (χ4v) is 1.95. The second-order valence-electron chi connectivity index (χ2n) is 3.43. The standard InChI is InChI=1S/C10H10Br2ClF/c1-5(2)10(12)6-3-8(13)7(11)4-9(6)14/h3-5,10H,1-2H3. The van der Waals surface area contributed by atoms with Gasteiger partial charge in [-0.2, -0.15) is 0 Å². The Morgan fingerprint density at radius 3 is 2.43 bits per heavy atom. The van der Waals surface area contributed by atoms with Gasteiger partial charge in [0.15, 0.2) is 0 Å². The van der Waals surface area contributed by atoms with Crippen molar-refractivity contribution in [1.82, 2.24) is 0 Å². The van der Waals surface area contributed by atoms with E-state index in [0.29, 0.717) is 21.0 Å². The molecule has 0 amide bonds. The molecular weight excluding hydrogens is 334 g/mol. The smallest absolute Gasteiger partial charge is 0.128 e. The molecule has 4 heteroatoms. The zero-order valence-electron chi connectivity index (χ0n) is 7.82.